The number of imidazole rings is 1. The van der Waals surface area contributed by atoms with E-state index in [0.717, 1.165) is 11.3 Å². The lowest BCUT2D eigenvalue weighted by atomic mass is 10.2. The van der Waals surface area contributed by atoms with E-state index in [4.69, 9.17) is 0 Å². The smallest absolute Gasteiger partial charge is 0.251 e. The number of pyridine rings is 1. The fraction of sp³-hybridized carbons (Fsp3) is 0.263. The van der Waals surface area contributed by atoms with Crippen LogP contribution < -0.4 is 5.32 Å². The summed E-state index contributed by atoms with van der Waals surface area (Å²) in [5, 5.41) is 2.81. The molecule has 3 rings (SSSR count). The second-order valence-corrected chi connectivity index (χ2v) is 7.90. The van der Waals surface area contributed by atoms with Crippen molar-refractivity contribution in [2.24, 2.45) is 0 Å². The summed E-state index contributed by atoms with van der Waals surface area (Å²) in [6.45, 7) is 4.67. The molecule has 142 valence electrons. The van der Waals surface area contributed by atoms with Crippen molar-refractivity contribution in [1.29, 1.82) is 0 Å². The number of fused-ring (bicyclic) bond motifs is 1. The summed E-state index contributed by atoms with van der Waals surface area (Å²) in [7, 11) is -3.53. The average molecular weight is 386 g/mol. The maximum absolute atomic E-state index is 12.5. The molecule has 0 bridgehead atoms. The van der Waals surface area contributed by atoms with Crippen LogP contribution in [0.1, 0.15) is 30.0 Å². The van der Waals surface area contributed by atoms with Crippen molar-refractivity contribution in [2.45, 2.75) is 25.3 Å². The molecule has 27 heavy (non-hydrogen) atoms. The molecule has 0 aliphatic heterocycles. The van der Waals surface area contributed by atoms with Crippen molar-refractivity contribution in [1.82, 2.24) is 19.0 Å². The van der Waals surface area contributed by atoms with Gasteiger partial charge in [0, 0.05) is 24.8 Å². The molecular formula is C19H22N4O3S. The molecule has 8 heteroatoms. The Hall–Kier alpha value is -2.71. The number of hydrogen-bond donors (Lipinski definition) is 1. The van der Waals surface area contributed by atoms with E-state index >= 15 is 0 Å². The third kappa shape index (κ3) is 3.86. The highest BCUT2D eigenvalue weighted by Crippen LogP contribution is 2.16. The molecule has 0 spiro atoms. The highest BCUT2D eigenvalue weighted by molar-refractivity contribution is 7.89. The zero-order valence-corrected chi connectivity index (χ0v) is 16.1. The van der Waals surface area contributed by atoms with Gasteiger partial charge in [0.2, 0.25) is 10.0 Å². The topological polar surface area (TPSA) is 83.8 Å². The molecule has 7 nitrogen and oxygen atoms in total. The van der Waals surface area contributed by atoms with Gasteiger partial charge in [0.15, 0.2) is 0 Å². The van der Waals surface area contributed by atoms with Gasteiger partial charge in [-0.15, -0.1) is 0 Å². The predicted molar refractivity (Wildman–Crippen MR) is 103 cm³/mol. The molecule has 1 N–H and O–H groups in total. The van der Waals surface area contributed by atoms with Gasteiger partial charge >= 0.3 is 0 Å². The quantitative estimate of drug-likeness (QED) is 0.675. The summed E-state index contributed by atoms with van der Waals surface area (Å²) < 4.78 is 28.3. The number of carbonyl (C=O) groups excluding carboxylic acids is 1. The summed E-state index contributed by atoms with van der Waals surface area (Å²) in [5.41, 5.74) is 1.35. The first kappa shape index (κ1) is 19.1. The van der Waals surface area contributed by atoms with Crippen LogP contribution in [-0.2, 0) is 16.6 Å². The fourth-order valence-corrected chi connectivity index (χ4v) is 4.34. The summed E-state index contributed by atoms with van der Waals surface area (Å²) in [6.07, 6.45) is 3.63. The minimum atomic E-state index is -3.53. The van der Waals surface area contributed by atoms with E-state index in [2.05, 4.69) is 10.3 Å². The third-order valence-electron chi connectivity index (χ3n) is 4.38. The van der Waals surface area contributed by atoms with Gasteiger partial charge in [-0.05, 0) is 36.4 Å². The molecule has 0 saturated carbocycles. The van der Waals surface area contributed by atoms with E-state index in [1.54, 1.807) is 20.0 Å². The largest absolute Gasteiger partial charge is 0.345 e. The van der Waals surface area contributed by atoms with Crippen LogP contribution in [0.25, 0.3) is 5.52 Å². The number of hydrogen-bond acceptors (Lipinski definition) is 4. The molecule has 0 saturated heterocycles. The number of nitrogens with zero attached hydrogens (tertiary/aromatic N) is 3. The van der Waals surface area contributed by atoms with Gasteiger partial charge in [-0.2, -0.15) is 4.31 Å². The third-order valence-corrected chi connectivity index (χ3v) is 6.45. The fourth-order valence-electron chi connectivity index (χ4n) is 2.88. The molecule has 0 radical (unpaired) electrons. The van der Waals surface area contributed by atoms with Crippen molar-refractivity contribution in [3.63, 3.8) is 0 Å². The first-order valence-electron chi connectivity index (χ1n) is 8.76. The van der Waals surface area contributed by atoms with E-state index in [9.17, 15) is 13.2 Å². The van der Waals surface area contributed by atoms with Crippen LogP contribution in [0.4, 0.5) is 0 Å². The van der Waals surface area contributed by atoms with E-state index in [1.165, 1.54) is 28.6 Å². The highest BCUT2D eigenvalue weighted by Gasteiger charge is 2.21. The van der Waals surface area contributed by atoms with Crippen molar-refractivity contribution < 1.29 is 13.2 Å². The first-order valence-corrected chi connectivity index (χ1v) is 10.2. The summed E-state index contributed by atoms with van der Waals surface area (Å²) in [5.74, 6) is 0.439. The molecule has 3 aromatic rings. The van der Waals surface area contributed by atoms with Crippen molar-refractivity contribution >= 4 is 21.4 Å². The van der Waals surface area contributed by atoms with Gasteiger partial charge in [-0.1, -0.05) is 19.9 Å². The van der Waals surface area contributed by atoms with E-state index in [0.29, 0.717) is 18.7 Å². The first-order chi connectivity index (χ1) is 13.0. The Morgan fingerprint density at radius 3 is 2.48 bits per heavy atom. The Bertz CT molecular complexity index is 1040. The van der Waals surface area contributed by atoms with Crippen LogP contribution in [-0.4, -0.2) is 41.1 Å². The molecule has 2 aromatic heterocycles. The van der Waals surface area contributed by atoms with Gasteiger partial charge in [0.1, 0.15) is 5.82 Å². The number of aromatic nitrogens is 2. The molecule has 0 aliphatic carbocycles. The van der Waals surface area contributed by atoms with Crippen molar-refractivity contribution in [3.05, 3.63) is 66.2 Å². The maximum atomic E-state index is 12.5. The number of sulfonamides is 1. The van der Waals surface area contributed by atoms with Crippen LogP contribution in [0, 0.1) is 0 Å². The van der Waals surface area contributed by atoms with Crippen molar-refractivity contribution in [3.8, 4) is 0 Å². The zero-order chi connectivity index (χ0) is 19.4. The van der Waals surface area contributed by atoms with Crippen LogP contribution in [0.3, 0.4) is 0 Å². The Balaban J connectivity index is 1.71. The number of benzene rings is 1. The minimum absolute atomic E-state index is 0.182. The Labute approximate surface area is 158 Å². The van der Waals surface area contributed by atoms with Crippen LogP contribution in [0.2, 0.25) is 0 Å². The zero-order valence-electron chi connectivity index (χ0n) is 15.3. The summed E-state index contributed by atoms with van der Waals surface area (Å²) >= 11 is 0. The minimum Gasteiger partial charge on any atom is -0.345 e. The summed E-state index contributed by atoms with van der Waals surface area (Å²) in [4.78, 5) is 16.9. The lowest BCUT2D eigenvalue weighted by Crippen LogP contribution is -2.30. The summed E-state index contributed by atoms with van der Waals surface area (Å²) in [6, 6.07) is 11.7. The van der Waals surface area contributed by atoms with Gasteiger partial charge in [0.05, 0.1) is 23.2 Å². The van der Waals surface area contributed by atoms with E-state index in [-0.39, 0.29) is 17.3 Å². The molecule has 0 fully saturated rings. The molecule has 2 heterocycles. The van der Waals surface area contributed by atoms with Crippen molar-refractivity contribution in [2.75, 3.05) is 13.1 Å². The predicted octanol–water partition coefficient (Wildman–Crippen LogP) is 2.29. The molecule has 1 amide bonds. The van der Waals surface area contributed by atoms with Crippen LogP contribution in [0.15, 0.2) is 59.8 Å². The van der Waals surface area contributed by atoms with Gasteiger partial charge in [-0.3, -0.25) is 4.79 Å². The molecule has 0 aliphatic rings. The highest BCUT2D eigenvalue weighted by atomic mass is 32.2. The Morgan fingerprint density at radius 2 is 1.81 bits per heavy atom. The monoisotopic (exact) mass is 386 g/mol. The maximum Gasteiger partial charge on any atom is 0.251 e. The van der Waals surface area contributed by atoms with Gasteiger partial charge in [-0.25, -0.2) is 13.4 Å². The average Bonchev–Trinajstić information content (AvgIpc) is 3.10. The SMILES string of the molecule is CCN(CC)S(=O)(=O)c1ccc(C(=O)NCc2ncc3ccccn23)cc1. The van der Waals surface area contributed by atoms with Gasteiger partial charge in [0.25, 0.3) is 5.91 Å². The number of rotatable bonds is 7. The van der Waals surface area contributed by atoms with Crippen LogP contribution in [0.5, 0.6) is 0 Å². The lowest BCUT2D eigenvalue weighted by Gasteiger charge is -2.18. The molecule has 0 atom stereocenters. The molecule has 1 aromatic carbocycles. The number of nitrogens with one attached hydrogen (secondary N) is 1. The Kier molecular flexibility index (Phi) is 5.57. The van der Waals surface area contributed by atoms with Gasteiger partial charge < -0.3 is 9.72 Å². The molecule has 0 unspecified atom stereocenters. The second kappa shape index (κ2) is 7.89. The second-order valence-electron chi connectivity index (χ2n) is 5.97. The number of amides is 1. The number of carbonyl (C=O) groups is 1. The van der Waals surface area contributed by atoms with Crippen LogP contribution >= 0.6 is 0 Å². The van der Waals surface area contributed by atoms with E-state index < -0.39 is 10.0 Å². The standard InChI is InChI=1S/C19H22N4O3S/c1-3-22(4-2)27(25,26)17-10-8-15(9-11-17)19(24)21-14-18-20-13-16-7-5-6-12-23(16)18/h5-13H,3-4,14H2,1-2H3,(H,21,24). The lowest BCUT2D eigenvalue weighted by molar-refractivity contribution is 0.0949. The van der Waals surface area contributed by atoms with E-state index in [1.807, 2.05) is 28.8 Å². The molecular weight excluding hydrogens is 364 g/mol. The Morgan fingerprint density at radius 1 is 1.11 bits per heavy atom. The normalized spacial score (nSPS) is 11.8.